The summed E-state index contributed by atoms with van der Waals surface area (Å²) >= 11 is 0. The third-order valence-electron chi connectivity index (χ3n) is 3.10. The minimum Gasteiger partial charge on any atom is -0.466 e. The van der Waals surface area contributed by atoms with Gasteiger partial charge >= 0.3 is 5.97 Å². The molecule has 0 aliphatic rings. The largest absolute Gasteiger partial charge is 0.466 e. The fourth-order valence-electron chi connectivity index (χ4n) is 1.99. The molecule has 0 aliphatic heterocycles. The first-order valence-corrected chi connectivity index (χ1v) is 6.58. The van der Waals surface area contributed by atoms with Crippen molar-refractivity contribution in [1.82, 2.24) is 0 Å². The topological polar surface area (TPSA) is 26.3 Å². The summed E-state index contributed by atoms with van der Waals surface area (Å²) in [7, 11) is 1.41. The number of methoxy groups -OCH3 is 1. The summed E-state index contributed by atoms with van der Waals surface area (Å²) in [6.07, 6.45) is 2.46. The van der Waals surface area contributed by atoms with Crippen molar-refractivity contribution < 1.29 is 9.53 Å². The molecule has 2 heteroatoms. The van der Waals surface area contributed by atoms with Gasteiger partial charge in [-0.05, 0) is 24.1 Å². The van der Waals surface area contributed by atoms with Gasteiger partial charge in [-0.1, -0.05) is 60.2 Å². The quantitative estimate of drug-likeness (QED) is 0.621. The van der Waals surface area contributed by atoms with Crippen molar-refractivity contribution in [3.05, 3.63) is 76.9 Å². The maximum Gasteiger partial charge on any atom is 0.334 e. The number of esters is 1. The summed E-state index contributed by atoms with van der Waals surface area (Å²) in [5.41, 5.74) is 3.95. The van der Waals surface area contributed by atoms with Crippen LogP contribution in [0.15, 0.2) is 60.2 Å². The Kier molecular flexibility index (Phi) is 4.72. The van der Waals surface area contributed by atoms with E-state index in [2.05, 4.69) is 0 Å². The molecule has 0 aliphatic carbocycles. The zero-order chi connectivity index (χ0) is 14.4. The Hall–Kier alpha value is -2.35. The highest BCUT2D eigenvalue weighted by Crippen LogP contribution is 2.14. The molecule has 0 fully saturated rings. The molecule has 0 N–H and O–H groups in total. The van der Waals surface area contributed by atoms with E-state index in [4.69, 9.17) is 4.74 Å². The van der Waals surface area contributed by atoms with E-state index in [1.54, 1.807) is 0 Å². The van der Waals surface area contributed by atoms with E-state index in [1.165, 1.54) is 12.7 Å². The van der Waals surface area contributed by atoms with Crippen molar-refractivity contribution in [1.29, 1.82) is 0 Å². The molecule has 0 amide bonds. The molecule has 20 heavy (non-hydrogen) atoms. The lowest BCUT2D eigenvalue weighted by Crippen LogP contribution is -2.07. The molecule has 0 unspecified atom stereocenters. The lowest BCUT2D eigenvalue weighted by molar-refractivity contribution is -0.136. The number of hydrogen-bond acceptors (Lipinski definition) is 2. The molecule has 102 valence electrons. The molecular formula is C18H18O2. The van der Waals surface area contributed by atoms with Gasteiger partial charge in [0.05, 0.1) is 7.11 Å². The van der Waals surface area contributed by atoms with Crippen molar-refractivity contribution in [3.8, 4) is 0 Å². The zero-order valence-corrected chi connectivity index (χ0v) is 11.8. The van der Waals surface area contributed by atoms with Crippen LogP contribution in [0.4, 0.5) is 0 Å². The molecule has 2 nitrogen and oxygen atoms in total. The van der Waals surface area contributed by atoms with Crippen molar-refractivity contribution in [2.45, 2.75) is 13.3 Å². The Labute approximate surface area is 119 Å². The van der Waals surface area contributed by atoms with Gasteiger partial charge in [-0.2, -0.15) is 0 Å². The average molecular weight is 266 g/mol. The fourth-order valence-corrected chi connectivity index (χ4v) is 1.99. The molecule has 2 aromatic rings. The first kappa shape index (κ1) is 14.1. The molecule has 0 radical (unpaired) electrons. The van der Waals surface area contributed by atoms with Gasteiger partial charge in [0.25, 0.3) is 0 Å². The Morgan fingerprint density at radius 1 is 1.05 bits per heavy atom. The maximum atomic E-state index is 11.9. The van der Waals surface area contributed by atoms with E-state index < -0.39 is 0 Å². The van der Waals surface area contributed by atoms with Crippen LogP contribution in [0.3, 0.4) is 0 Å². The predicted molar refractivity (Wildman–Crippen MR) is 81.3 cm³/mol. The van der Waals surface area contributed by atoms with Crippen LogP contribution in [0.1, 0.15) is 16.7 Å². The van der Waals surface area contributed by atoms with Crippen LogP contribution in [-0.4, -0.2) is 13.1 Å². The smallest absolute Gasteiger partial charge is 0.334 e. The van der Waals surface area contributed by atoms with Gasteiger partial charge in [-0.25, -0.2) is 4.79 Å². The van der Waals surface area contributed by atoms with E-state index in [1.807, 2.05) is 67.6 Å². The summed E-state index contributed by atoms with van der Waals surface area (Å²) in [6.45, 7) is 2.04. The summed E-state index contributed by atoms with van der Waals surface area (Å²) < 4.78 is 4.87. The Balaban J connectivity index is 2.28. The number of ether oxygens (including phenoxy) is 1. The third-order valence-corrected chi connectivity index (χ3v) is 3.10. The highest BCUT2D eigenvalue weighted by atomic mass is 16.5. The van der Waals surface area contributed by atoms with E-state index in [0.717, 1.165) is 11.1 Å². The van der Waals surface area contributed by atoms with E-state index in [9.17, 15) is 4.79 Å². The van der Waals surface area contributed by atoms with Gasteiger partial charge in [-0.3, -0.25) is 0 Å². The minimum atomic E-state index is -0.283. The SMILES string of the molecule is COC(=O)C(=Cc1ccc(C)cc1)Cc1ccccc1. The third kappa shape index (κ3) is 3.82. The molecule has 0 saturated heterocycles. The van der Waals surface area contributed by atoms with Crippen LogP contribution < -0.4 is 0 Å². The first-order valence-electron chi connectivity index (χ1n) is 6.58. The monoisotopic (exact) mass is 266 g/mol. The summed E-state index contributed by atoms with van der Waals surface area (Å²) in [4.78, 5) is 11.9. The number of benzene rings is 2. The maximum absolute atomic E-state index is 11.9. The number of hydrogen-bond donors (Lipinski definition) is 0. The van der Waals surface area contributed by atoms with Crippen LogP contribution in [0.2, 0.25) is 0 Å². The summed E-state index contributed by atoms with van der Waals surface area (Å²) in [5, 5.41) is 0. The molecule has 0 heterocycles. The Morgan fingerprint density at radius 3 is 2.30 bits per heavy atom. The van der Waals surface area contributed by atoms with Gasteiger partial charge < -0.3 is 4.74 Å². The van der Waals surface area contributed by atoms with Gasteiger partial charge in [-0.15, -0.1) is 0 Å². The molecular weight excluding hydrogens is 248 g/mol. The summed E-state index contributed by atoms with van der Waals surface area (Å²) in [6, 6.07) is 18.0. The minimum absolute atomic E-state index is 0.283. The molecule has 0 saturated carbocycles. The number of rotatable bonds is 4. The summed E-state index contributed by atoms with van der Waals surface area (Å²) in [5.74, 6) is -0.283. The van der Waals surface area contributed by atoms with E-state index in [0.29, 0.717) is 12.0 Å². The average Bonchev–Trinajstić information content (AvgIpc) is 2.49. The van der Waals surface area contributed by atoms with Crippen LogP contribution in [0.25, 0.3) is 6.08 Å². The van der Waals surface area contributed by atoms with Crippen LogP contribution >= 0.6 is 0 Å². The number of aryl methyl sites for hydroxylation is 1. The van der Waals surface area contributed by atoms with E-state index in [-0.39, 0.29) is 5.97 Å². The predicted octanol–water partition coefficient (Wildman–Crippen LogP) is 3.79. The van der Waals surface area contributed by atoms with Gasteiger partial charge in [0, 0.05) is 12.0 Å². The van der Waals surface area contributed by atoms with Gasteiger partial charge in [0.1, 0.15) is 0 Å². The Morgan fingerprint density at radius 2 is 1.70 bits per heavy atom. The van der Waals surface area contributed by atoms with E-state index >= 15 is 0 Å². The van der Waals surface area contributed by atoms with Crippen molar-refractivity contribution >= 4 is 12.0 Å². The number of carbonyl (C=O) groups excluding carboxylic acids is 1. The fraction of sp³-hybridized carbons (Fsp3) is 0.167. The van der Waals surface area contributed by atoms with Gasteiger partial charge in [0.2, 0.25) is 0 Å². The molecule has 0 bridgehead atoms. The molecule has 2 rings (SSSR count). The second-order valence-electron chi connectivity index (χ2n) is 4.73. The molecule has 0 spiro atoms. The van der Waals surface area contributed by atoms with Crippen molar-refractivity contribution in [2.75, 3.05) is 7.11 Å². The first-order chi connectivity index (χ1) is 9.69. The molecule has 0 aromatic heterocycles. The second-order valence-corrected chi connectivity index (χ2v) is 4.73. The van der Waals surface area contributed by atoms with Crippen molar-refractivity contribution in [2.24, 2.45) is 0 Å². The van der Waals surface area contributed by atoms with Crippen LogP contribution in [0, 0.1) is 6.92 Å². The lowest BCUT2D eigenvalue weighted by Gasteiger charge is -2.06. The highest BCUT2D eigenvalue weighted by Gasteiger charge is 2.10. The van der Waals surface area contributed by atoms with Crippen LogP contribution in [-0.2, 0) is 16.0 Å². The highest BCUT2D eigenvalue weighted by molar-refractivity contribution is 5.94. The standard InChI is InChI=1S/C18H18O2/c1-14-8-10-16(11-9-14)13-17(18(19)20-2)12-15-6-4-3-5-7-15/h3-11,13H,12H2,1-2H3. The second kappa shape index (κ2) is 6.71. The lowest BCUT2D eigenvalue weighted by atomic mass is 10.0. The molecule has 2 aromatic carbocycles. The Bertz CT molecular complexity index is 595. The normalized spacial score (nSPS) is 11.2. The van der Waals surface area contributed by atoms with Crippen LogP contribution in [0.5, 0.6) is 0 Å². The van der Waals surface area contributed by atoms with Gasteiger partial charge in [0.15, 0.2) is 0 Å². The number of carbonyl (C=O) groups is 1. The molecule has 0 atom stereocenters. The van der Waals surface area contributed by atoms with Crippen molar-refractivity contribution in [3.63, 3.8) is 0 Å². The zero-order valence-electron chi connectivity index (χ0n) is 11.8.